The molecule has 4 rings (SSSR count). The number of carbonyl (C=O) groups is 1. The molecule has 1 saturated heterocycles. The first-order chi connectivity index (χ1) is 11.7. The molecule has 124 valence electrons. The molecule has 0 bridgehead atoms. The number of rotatable bonds is 2. The number of methoxy groups -OCH3 is 1. The summed E-state index contributed by atoms with van der Waals surface area (Å²) >= 11 is 0. The lowest BCUT2D eigenvalue weighted by molar-refractivity contribution is 0.0595. The second kappa shape index (κ2) is 5.86. The van der Waals surface area contributed by atoms with Crippen LogP contribution in [-0.4, -0.2) is 30.5 Å². The zero-order valence-corrected chi connectivity index (χ0v) is 13.9. The Kier molecular flexibility index (Phi) is 3.68. The number of fused-ring (bicyclic) bond motifs is 3. The van der Waals surface area contributed by atoms with Gasteiger partial charge in [0, 0.05) is 24.1 Å². The largest absolute Gasteiger partial charge is 0.495 e. The van der Waals surface area contributed by atoms with E-state index in [2.05, 4.69) is 29.2 Å². The van der Waals surface area contributed by atoms with Crippen molar-refractivity contribution in [3.63, 3.8) is 0 Å². The molecule has 2 aromatic carbocycles. The van der Waals surface area contributed by atoms with Crippen LogP contribution in [0.1, 0.15) is 40.2 Å². The summed E-state index contributed by atoms with van der Waals surface area (Å²) < 4.78 is 5.19. The second-order valence-corrected chi connectivity index (χ2v) is 6.67. The highest BCUT2D eigenvalue weighted by Gasteiger charge is 2.40. The van der Waals surface area contributed by atoms with Crippen LogP contribution in [0.3, 0.4) is 0 Å². The molecule has 4 heteroatoms. The van der Waals surface area contributed by atoms with Crippen molar-refractivity contribution in [1.29, 1.82) is 0 Å². The summed E-state index contributed by atoms with van der Waals surface area (Å²) in [6, 6.07) is 14.2. The number of benzene rings is 2. The third-order valence-corrected chi connectivity index (χ3v) is 5.40. The van der Waals surface area contributed by atoms with Gasteiger partial charge in [0.05, 0.1) is 12.8 Å². The van der Waals surface area contributed by atoms with Gasteiger partial charge in [0.25, 0.3) is 5.91 Å². The van der Waals surface area contributed by atoms with Gasteiger partial charge in [0.1, 0.15) is 5.75 Å². The van der Waals surface area contributed by atoms with Crippen LogP contribution < -0.4 is 10.5 Å². The molecule has 1 aliphatic heterocycles. The zero-order chi connectivity index (χ0) is 16.7. The normalized spacial score (nSPS) is 22.0. The average Bonchev–Trinajstić information content (AvgIpc) is 2.99. The number of anilines is 1. The molecule has 0 aromatic heterocycles. The molecule has 2 aliphatic rings. The second-order valence-electron chi connectivity index (χ2n) is 6.67. The minimum atomic E-state index is 0.0758. The molecule has 24 heavy (non-hydrogen) atoms. The van der Waals surface area contributed by atoms with E-state index in [1.165, 1.54) is 11.1 Å². The van der Waals surface area contributed by atoms with Gasteiger partial charge < -0.3 is 15.4 Å². The molecule has 1 aliphatic carbocycles. The third kappa shape index (κ3) is 2.33. The van der Waals surface area contributed by atoms with Crippen molar-refractivity contribution in [1.82, 2.24) is 4.90 Å². The van der Waals surface area contributed by atoms with Gasteiger partial charge in [0.15, 0.2) is 0 Å². The minimum absolute atomic E-state index is 0.0758. The van der Waals surface area contributed by atoms with Crippen LogP contribution in [0.25, 0.3) is 0 Å². The van der Waals surface area contributed by atoms with E-state index in [1.54, 1.807) is 19.2 Å². The van der Waals surface area contributed by atoms with E-state index >= 15 is 0 Å². The van der Waals surface area contributed by atoms with Gasteiger partial charge in [-0.1, -0.05) is 24.3 Å². The van der Waals surface area contributed by atoms with Gasteiger partial charge >= 0.3 is 0 Å². The van der Waals surface area contributed by atoms with Crippen LogP contribution in [0, 0.1) is 0 Å². The smallest absolute Gasteiger partial charge is 0.254 e. The van der Waals surface area contributed by atoms with Gasteiger partial charge in [-0.25, -0.2) is 0 Å². The van der Waals surface area contributed by atoms with E-state index in [-0.39, 0.29) is 11.9 Å². The molecule has 0 radical (unpaired) electrons. The summed E-state index contributed by atoms with van der Waals surface area (Å²) in [5, 5.41) is 0. The standard InChI is InChI=1S/C20H22N2O2/c1-24-19-9-8-14(11-17(19)21)20(23)22-10-4-7-16-15-6-3-2-5-13(15)12-18(16)22/h2-3,5-6,8-9,11,16,18H,4,7,10,12,21H2,1H3/t16-,18+/m0/s1. The van der Waals surface area contributed by atoms with Crippen LogP contribution in [0.5, 0.6) is 5.75 Å². The van der Waals surface area contributed by atoms with Crippen LogP contribution in [0.4, 0.5) is 5.69 Å². The van der Waals surface area contributed by atoms with Crippen LogP contribution in [0.2, 0.25) is 0 Å². The topological polar surface area (TPSA) is 55.6 Å². The Morgan fingerprint density at radius 1 is 1.25 bits per heavy atom. The molecule has 1 amide bonds. The number of carbonyl (C=O) groups excluding carboxylic acids is 1. The van der Waals surface area contributed by atoms with Crippen molar-refractivity contribution in [2.24, 2.45) is 0 Å². The Hall–Kier alpha value is -2.49. The summed E-state index contributed by atoms with van der Waals surface area (Å²) in [4.78, 5) is 15.1. The van der Waals surface area contributed by atoms with Crippen LogP contribution >= 0.6 is 0 Å². The van der Waals surface area contributed by atoms with Crippen molar-refractivity contribution in [2.75, 3.05) is 19.4 Å². The molecule has 0 unspecified atom stereocenters. The minimum Gasteiger partial charge on any atom is -0.495 e. The number of piperidine rings is 1. The lowest BCUT2D eigenvalue weighted by Crippen LogP contribution is -2.46. The van der Waals surface area contributed by atoms with Gasteiger partial charge in [-0.2, -0.15) is 0 Å². The predicted octanol–water partition coefficient (Wildman–Crippen LogP) is 3.22. The fourth-order valence-corrected chi connectivity index (χ4v) is 4.26. The number of hydrogen-bond donors (Lipinski definition) is 1. The molecule has 2 N–H and O–H groups in total. The Labute approximate surface area is 142 Å². The lowest BCUT2D eigenvalue weighted by atomic mass is 9.88. The molecule has 0 spiro atoms. The van der Waals surface area contributed by atoms with E-state index < -0.39 is 0 Å². The quantitative estimate of drug-likeness (QED) is 0.864. The highest BCUT2D eigenvalue weighted by molar-refractivity contribution is 5.96. The van der Waals surface area contributed by atoms with Crippen LogP contribution in [-0.2, 0) is 6.42 Å². The average molecular weight is 322 g/mol. The van der Waals surface area contributed by atoms with Crippen molar-refractivity contribution in [3.05, 3.63) is 59.2 Å². The van der Waals surface area contributed by atoms with Gasteiger partial charge in [-0.15, -0.1) is 0 Å². The summed E-state index contributed by atoms with van der Waals surface area (Å²) in [7, 11) is 1.58. The number of likely N-dealkylation sites (tertiary alicyclic amines) is 1. The Balaban J connectivity index is 1.63. The van der Waals surface area contributed by atoms with Gasteiger partial charge in [-0.05, 0) is 48.6 Å². The molecule has 2 aromatic rings. The molecule has 0 saturated carbocycles. The number of nitrogen functional groups attached to an aromatic ring is 1. The summed E-state index contributed by atoms with van der Waals surface area (Å²) in [6.45, 7) is 0.819. The lowest BCUT2D eigenvalue weighted by Gasteiger charge is -2.38. The van der Waals surface area contributed by atoms with Crippen molar-refractivity contribution >= 4 is 11.6 Å². The highest BCUT2D eigenvalue weighted by atomic mass is 16.5. The van der Waals surface area contributed by atoms with E-state index in [0.717, 1.165) is 25.8 Å². The highest BCUT2D eigenvalue weighted by Crippen LogP contribution is 2.42. The number of hydrogen-bond acceptors (Lipinski definition) is 3. The maximum Gasteiger partial charge on any atom is 0.254 e. The first-order valence-electron chi connectivity index (χ1n) is 8.51. The Morgan fingerprint density at radius 2 is 2.08 bits per heavy atom. The van der Waals surface area contributed by atoms with E-state index in [9.17, 15) is 4.79 Å². The van der Waals surface area contributed by atoms with Gasteiger partial charge in [-0.3, -0.25) is 4.79 Å². The third-order valence-electron chi connectivity index (χ3n) is 5.40. The molecule has 1 heterocycles. The van der Waals surface area contributed by atoms with Crippen molar-refractivity contribution in [3.8, 4) is 5.75 Å². The summed E-state index contributed by atoms with van der Waals surface area (Å²) in [5.74, 6) is 1.15. The van der Waals surface area contributed by atoms with Crippen molar-refractivity contribution in [2.45, 2.75) is 31.2 Å². The molecule has 4 nitrogen and oxygen atoms in total. The Bertz CT molecular complexity index is 787. The van der Waals surface area contributed by atoms with Crippen LogP contribution in [0.15, 0.2) is 42.5 Å². The fourth-order valence-electron chi connectivity index (χ4n) is 4.26. The first-order valence-corrected chi connectivity index (χ1v) is 8.51. The van der Waals surface area contributed by atoms with E-state index in [0.29, 0.717) is 22.9 Å². The summed E-state index contributed by atoms with van der Waals surface area (Å²) in [6.07, 6.45) is 3.17. The number of nitrogens with two attached hydrogens (primary N) is 1. The predicted molar refractivity (Wildman–Crippen MR) is 94.4 cm³/mol. The maximum absolute atomic E-state index is 13.1. The number of nitrogens with zero attached hydrogens (tertiary/aromatic N) is 1. The Morgan fingerprint density at radius 3 is 2.88 bits per heavy atom. The van der Waals surface area contributed by atoms with E-state index in [1.807, 2.05) is 6.07 Å². The fraction of sp³-hybridized carbons (Fsp3) is 0.350. The first kappa shape index (κ1) is 15.1. The SMILES string of the molecule is COc1ccc(C(=O)N2CCC[C@H]3c4ccccc4C[C@H]32)cc1N. The van der Waals surface area contributed by atoms with Gasteiger partial charge in [0.2, 0.25) is 0 Å². The molecule has 1 fully saturated rings. The maximum atomic E-state index is 13.1. The van der Waals surface area contributed by atoms with Crippen molar-refractivity contribution < 1.29 is 9.53 Å². The number of amides is 1. The molecule has 2 atom stereocenters. The number of ether oxygens (including phenoxy) is 1. The monoisotopic (exact) mass is 322 g/mol. The zero-order valence-electron chi connectivity index (χ0n) is 13.9. The summed E-state index contributed by atoms with van der Waals surface area (Å²) in [5.41, 5.74) is 9.94. The molecular formula is C20H22N2O2. The molecular weight excluding hydrogens is 300 g/mol. The van der Waals surface area contributed by atoms with E-state index in [4.69, 9.17) is 10.5 Å².